The van der Waals surface area contributed by atoms with Crippen LogP contribution in [-0.4, -0.2) is 44.4 Å². The SMILES string of the molecule is CC1(NSc2ccc3c(c2)c(=O)n(C2CN(C(=O)CCl)C2)c(=O)n3CC2CC2)CC1. The summed E-state index contributed by atoms with van der Waals surface area (Å²) >= 11 is 7.17. The number of hydrogen-bond acceptors (Lipinski definition) is 5. The van der Waals surface area contributed by atoms with E-state index in [9.17, 15) is 14.4 Å². The molecule has 1 amide bonds. The molecule has 2 saturated carbocycles. The number of aromatic nitrogens is 2. The van der Waals surface area contributed by atoms with Crippen molar-refractivity contribution in [2.75, 3.05) is 19.0 Å². The summed E-state index contributed by atoms with van der Waals surface area (Å²) < 4.78 is 6.58. The predicted octanol–water partition coefficient (Wildman–Crippen LogP) is 2.34. The first-order chi connectivity index (χ1) is 14.4. The molecule has 1 aromatic heterocycles. The number of alkyl halides is 1. The van der Waals surface area contributed by atoms with E-state index in [1.54, 1.807) is 9.47 Å². The van der Waals surface area contributed by atoms with Crippen LogP contribution < -0.4 is 16.0 Å². The summed E-state index contributed by atoms with van der Waals surface area (Å²) in [7, 11) is 0. The molecular formula is C21H25ClN4O3S. The highest BCUT2D eigenvalue weighted by molar-refractivity contribution is 7.97. The minimum absolute atomic E-state index is 0.0856. The van der Waals surface area contributed by atoms with Crippen LogP contribution in [0.2, 0.25) is 0 Å². The van der Waals surface area contributed by atoms with Crippen LogP contribution in [-0.2, 0) is 11.3 Å². The van der Waals surface area contributed by atoms with Gasteiger partial charge in [-0.15, -0.1) is 11.6 Å². The third kappa shape index (κ3) is 3.69. The van der Waals surface area contributed by atoms with Crippen molar-refractivity contribution in [3.63, 3.8) is 0 Å². The molecule has 7 nitrogen and oxygen atoms in total. The van der Waals surface area contributed by atoms with Gasteiger partial charge in [-0.05, 0) is 68.7 Å². The van der Waals surface area contributed by atoms with Gasteiger partial charge in [0.25, 0.3) is 5.56 Å². The highest BCUT2D eigenvalue weighted by Gasteiger charge is 2.37. The van der Waals surface area contributed by atoms with Crippen molar-refractivity contribution < 1.29 is 4.79 Å². The van der Waals surface area contributed by atoms with E-state index in [0.29, 0.717) is 36.5 Å². The van der Waals surface area contributed by atoms with Gasteiger partial charge in [0, 0.05) is 30.1 Å². The number of halogens is 1. The Morgan fingerprint density at radius 2 is 2.00 bits per heavy atom. The Kier molecular flexibility index (Phi) is 4.99. The van der Waals surface area contributed by atoms with Crippen molar-refractivity contribution in [1.82, 2.24) is 18.8 Å². The van der Waals surface area contributed by atoms with Crippen LogP contribution >= 0.6 is 23.5 Å². The first-order valence-electron chi connectivity index (χ1n) is 10.5. The van der Waals surface area contributed by atoms with Crippen LogP contribution in [0.4, 0.5) is 0 Å². The second-order valence-electron chi connectivity index (χ2n) is 9.04. The van der Waals surface area contributed by atoms with E-state index < -0.39 is 0 Å². The molecule has 0 atom stereocenters. The monoisotopic (exact) mass is 448 g/mol. The average molecular weight is 449 g/mol. The topological polar surface area (TPSA) is 76.3 Å². The molecule has 3 fully saturated rings. The van der Waals surface area contributed by atoms with Crippen LogP contribution in [0.5, 0.6) is 0 Å². The molecule has 1 aliphatic heterocycles. The molecule has 2 aromatic rings. The van der Waals surface area contributed by atoms with Gasteiger partial charge in [-0.2, -0.15) is 0 Å². The third-order valence-electron chi connectivity index (χ3n) is 6.39. The third-order valence-corrected chi connectivity index (χ3v) is 7.71. The molecular weight excluding hydrogens is 424 g/mol. The van der Waals surface area contributed by atoms with Crippen LogP contribution in [0.3, 0.4) is 0 Å². The van der Waals surface area contributed by atoms with Gasteiger partial charge in [0.05, 0.1) is 16.9 Å². The average Bonchev–Trinajstić information content (AvgIpc) is 3.63. The summed E-state index contributed by atoms with van der Waals surface area (Å²) in [4.78, 5) is 41.0. The first-order valence-corrected chi connectivity index (χ1v) is 11.8. The van der Waals surface area contributed by atoms with Crippen molar-refractivity contribution in [3.8, 4) is 0 Å². The zero-order chi connectivity index (χ0) is 21.0. The smallest absolute Gasteiger partial charge is 0.331 e. The van der Waals surface area contributed by atoms with Crippen LogP contribution in [0, 0.1) is 5.92 Å². The Morgan fingerprint density at radius 1 is 1.27 bits per heavy atom. The van der Waals surface area contributed by atoms with Crippen LogP contribution in [0.1, 0.15) is 38.6 Å². The lowest BCUT2D eigenvalue weighted by molar-refractivity contribution is -0.134. The lowest BCUT2D eigenvalue weighted by Crippen LogP contribution is -2.57. The number of nitrogens with one attached hydrogen (secondary N) is 1. The fourth-order valence-corrected chi connectivity index (χ4v) is 4.92. The maximum absolute atomic E-state index is 13.3. The molecule has 9 heteroatoms. The lowest BCUT2D eigenvalue weighted by Gasteiger charge is -2.39. The molecule has 2 aliphatic carbocycles. The van der Waals surface area contributed by atoms with E-state index >= 15 is 0 Å². The lowest BCUT2D eigenvalue weighted by atomic mass is 10.1. The Bertz CT molecular complexity index is 1130. The number of carbonyl (C=O) groups excluding carboxylic acids is 1. The van der Waals surface area contributed by atoms with Crippen molar-refractivity contribution in [2.24, 2.45) is 5.92 Å². The Balaban J connectivity index is 1.53. The van der Waals surface area contributed by atoms with Crippen LogP contribution in [0.25, 0.3) is 10.9 Å². The van der Waals surface area contributed by atoms with Crippen molar-refractivity contribution in [2.45, 2.75) is 55.6 Å². The summed E-state index contributed by atoms with van der Waals surface area (Å²) in [5.41, 5.74) is 0.328. The largest absolute Gasteiger partial charge is 0.337 e. The molecule has 5 rings (SSSR count). The van der Waals surface area contributed by atoms with Gasteiger partial charge in [0.2, 0.25) is 5.91 Å². The van der Waals surface area contributed by atoms with Crippen molar-refractivity contribution >= 4 is 40.4 Å². The highest BCUT2D eigenvalue weighted by Crippen LogP contribution is 2.38. The van der Waals surface area contributed by atoms with E-state index in [1.807, 2.05) is 18.2 Å². The molecule has 1 saturated heterocycles. The fourth-order valence-electron chi connectivity index (χ4n) is 3.87. The van der Waals surface area contributed by atoms with Gasteiger partial charge in [0.15, 0.2) is 0 Å². The number of hydrogen-bond donors (Lipinski definition) is 1. The number of rotatable bonds is 7. The van der Waals surface area contributed by atoms with Gasteiger partial charge in [0.1, 0.15) is 5.88 Å². The highest BCUT2D eigenvalue weighted by atomic mass is 35.5. The number of carbonyl (C=O) groups is 1. The zero-order valence-electron chi connectivity index (χ0n) is 16.9. The molecule has 3 aliphatic rings. The van der Waals surface area contributed by atoms with E-state index in [-0.39, 0.29) is 34.6 Å². The maximum Gasteiger partial charge on any atom is 0.331 e. The molecule has 1 aromatic carbocycles. The molecule has 0 radical (unpaired) electrons. The predicted molar refractivity (Wildman–Crippen MR) is 118 cm³/mol. The fraction of sp³-hybridized carbons (Fsp3) is 0.571. The van der Waals surface area contributed by atoms with Gasteiger partial charge in [-0.25, -0.2) is 4.79 Å². The summed E-state index contributed by atoms with van der Waals surface area (Å²) in [5.74, 6) is 0.245. The molecule has 0 bridgehead atoms. The van der Waals surface area contributed by atoms with E-state index in [4.69, 9.17) is 11.6 Å². The minimum atomic E-state index is -0.299. The zero-order valence-corrected chi connectivity index (χ0v) is 18.5. The number of nitrogens with zero attached hydrogens (tertiary/aromatic N) is 3. The summed E-state index contributed by atoms with van der Waals surface area (Å²) in [5, 5.41) is 0.560. The number of benzene rings is 1. The van der Waals surface area contributed by atoms with Crippen molar-refractivity contribution in [1.29, 1.82) is 0 Å². The van der Waals surface area contributed by atoms with Crippen molar-refractivity contribution in [3.05, 3.63) is 39.0 Å². The summed E-state index contributed by atoms with van der Waals surface area (Å²) in [6.45, 7) is 3.52. The molecule has 2 heterocycles. The quantitative estimate of drug-likeness (QED) is 0.519. The number of amides is 1. The summed E-state index contributed by atoms with van der Waals surface area (Å²) in [6, 6.07) is 5.46. The van der Waals surface area contributed by atoms with Gasteiger partial charge in [-0.3, -0.25) is 23.4 Å². The second-order valence-corrected chi connectivity index (χ2v) is 10.2. The van der Waals surface area contributed by atoms with E-state index in [0.717, 1.165) is 30.6 Å². The minimum Gasteiger partial charge on any atom is -0.337 e. The number of likely N-dealkylation sites (tertiary alicyclic amines) is 1. The van der Waals surface area contributed by atoms with Crippen LogP contribution in [0.15, 0.2) is 32.7 Å². The van der Waals surface area contributed by atoms with Gasteiger partial charge < -0.3 is 4.90 Å². The van der Waals surface area contributed by atoms with Gasteiger partial charge >= 0.3 is 5.69 Å². The molecule has 0 unspecified atom stereocenters. The molecule has 160 valence electrons. The summed E-state index contributed by atoms with van der Waals surface area (Å²) in [6.07, 6.45) is 4.54. The van der Waals surface area contributed by atoms with Gasteiger partial charge in [-0.1, -0.05) is 0 Å². The van der Waals surface area contributed by atoms with E-state index in [1.165, 1.54) is 16.5 Å². The number of fused-ring (bicyclic) bond motifs is 1. The Morgan fingerprint density at radius 3 is 2.63 bits per heavy atom. The maximum atomic E-state index is 13.3. The molecule has 0 spiro atoms. The van der Waals surface area contributed by atoms with E-state index in [2.05, 4.69) is 11.6 Å². The molecule has 30 heavy (non-hydrogen) atoms. The first kappa shape index (κ1) is 20.2. The Hall–Kier alpha value is -1.77. The Labute approximate surface area is 183 Å². The standard InChI is InChI=1S/C21H25ClN4O3S/c1-21(6-7-21)23-30-15-4-5-17-16(8-15)19(28)26(14-11-24(12-14)18(27)9-22)20(29)25(17)10-13-2-3-13/h4-5,8,13-14,23H,2-3,6-7,9-12H2,1H3. The second kappa shape index (κ2) is 7.43. The molecule has 1 N–H and O–H groups in total. The normalized spacial score (nSPS) is 20.4.